The van der Waals surface area contributed by atoms with E-state index in [1.165, 1.54) is 0 Å². The van der Waals surface area contributed by atoms with Crippen molar-refractivity contribution in [1.29, 1.82) is 0 Å². The maximum Gasteiger partial charge on any atom is 0.220 e. The van der Waals surface area contributed by atoms with E-state index >= 15 is 0 Å². The summed E-state index contributed by atoms with van der Waals surface area (Å²) in [7, 11) is 0. The number of hydrogen-bond acceptors (Lipinski definition) is 3. The van der Waals surface area contributed by atoms with Crippen molar-refractivity contribution in [2.75, 3.05) is 26.2 Å². The largest absolute Gasteiger partial charge is 0.377 e. The molecule has 1 rings (SSSR count). The van der Waals surface area contributed by atoms with Crippen LogP contribution in [0.4, 0.5) is 0 Å². The van der Waals surface area contributed by atoms with E-state index in [-0.39, 0.29) is 12.0 Å². The van der Waals surface area contributed by atoms with Gasteiger partial charge < -0.3 is 15.4 Å². The average molecular weight is 214 g/mol. The van der Waals surface area contributed by atoms with Crippen molar-refractivity contribution < 1.29 is 9.53 Å². The zero-order chi connectivity index (χ0) is 11.1. The first-order valence-corrected chi connectivity index (χ1v) is 5.81. The van der Waals surface area contributed by atoms with Crippen molar-refractivity contribution in [2.24, 2.45) is 5.92 Å². The molecule has 1 heterocycles. The zero-order valence-corrected chi connectivity index (χ0v) is 9.71. The summed E-state index contributed by atoms with van der Waals surface area (Å²) >= 11 is 0. The van der Waals surface area contributed by atoms with Gasteiger partial charge in [0.05, 0.1) is 6.10 Å². The van der Waals surface area contributed by atoms with Gasteiger partial charge in [0.25, 0.3) is 0 Å². The van der Waals surface area contributed by atoms with E-state index in [2.05, 4.69) is 10.6 Å². The number of amides is 1. The molecule has 0 bridgehead atoms. The van der Waals surface area contributed by atoms with Crippen LogP contribution < -0.4 is 10.6 Å². The van der Waals surface area contributed by atoms with Crippen LogP contribution in [0.15, 0.2) is 0 Å². The molecule has 0 aliphatic carbocycles. The smallest absolute Gasteiger partial charge is 0.220 e. The second kappa shape index (κ2) is 6.80. The minimum absolute atomic E-state index is 0.112. The molecule has 88 valence electrons. The first-order chi connectivity index (χ1) is 7.22. The fourth-order valence-electron chi connectivity index (χ4n) is 1.82. The van der Waals surface area contributed by atoms with Crippen molar-refractivity contribution in [3.05, 3.63) is 0 Å². The van der Waals surface area contributed by atoms with Gasteiger partial charge in [-0.2, -0.15) is 0 Å². The second-order valence-corrected chi connectivity index (χ2v) is 4.13. The minimum Gasteiger partial charge on any atom is -0.377 e. The van der Waals surface area contributed by atoms with Crippen LogP contribution in [0.25, 0.3) is 0 Å². The number of rotatable bonds is 6. The predicted molar refractivity (Wildman–Crippen MR) is 59.7 cm³/mol. The Balaban J connectivity index is 2.07. The van der Waals surface area contributed by atoms with Crippen molar-refractivity contribution in [2.45, 2.75) is 32.8 Å². The third-order valence-electron chi connectivity index (χ3n) is 2.67. The molecule has 1 fully saturated rings. The molecule has 2 unspecified atom stereocenters. The van der Waals surface area contributed by atoms with Crippen LogP contribution in [0.2, 0.25) is 0 Å². The molecule has 1 amide bonds. The summed E-state index contributed by atoms with van der Waals surface area (Å²) in [6.45, 7) is 7.28. The van der Waals surface area contributed by atoms with Gasteiger partial charge in [-0.3, -0.25) is 4.79 Å². The van der Waals surface area contributed by atoms with Crippen LogP contribution >= 0.6 is 0 Å². The van der Waals surface area contributed by atoms with E-state index in [0.717, 1.165) is 19.5 Å². The Bertz CT molecular complexity index is 191. The lowest BCUT2D eigenvalue weighted by molar-refractivity contribution is -0.122. The van der Waals surface area contributed by atoms with E-state index in [1.54, 1.807) is 0 Å². The molecule has 1 aliphatic rings. The van der Waals surface area contributed by atoms with Crippen molar-refractivity contribution in [3.63, 3.8) is 0 Å². The topological polar surface area (TPSA) is 50.4 Å². The van der Waals surface area contributed by atoms with Gasteiger partial charge in [0.15, 0.2) is 0 Å². The molecule has 15 heavy (non-hydrogen) atoms. The van der Waals surface area contributed by atoms with Crippen LogP contribution in [0.1, 0.15) is 26.7 Å². The van der Waals surface area contributed by atoms with E-state index in [1.807, 2.05) is 13.8 Å². The summed E-state index contributed by atoms with van der Waals surface area (Å²) in [4.78, 5) is 11.5. The molecule has 4 heteroatoms. The van der Waals surface area contributed by atoms with E-state index < -0.39 is 0 Å². The quantitative estimate of drug-likeness (QED) is 0.678. The molecule has 0 aromatic carbocycles. The molecule has 0 aromatic heterocycles. The van der Waals surface area contributed by atoms with Crippen LogP contribution in [-0.4, -0.2) is 38.3 Å². The second-order valence-electron chi connectivity index (χ2n) is 4.13. The fraction of sp³-hybridized carbons (Fsp3) is 0.909. The number of hydrogen-bond donors (Lipinski definition) is 2. The molecular weight excluding hydrogens is 192 g/mol. The molecule has 0 spiro atoms. The molecule has 4 nitrogen and oxygen atoms in total. The highest BCUT2D eigenvalue weighted by Gasteiger charge is 2.17. The first kappa shape index (κ1) is 12.5. The number of carbonyl (C=O) groups is 1. The SMILES string of the molecule is CCOC(C)CNC(=O)CC1CCNC1. The summed E-state index contributed by atoms with van der Waals surface area (Å²) < 4.78 is 5.34. The summed E-state index contributed by atoms with van der Waals surface area (Å²) in [5.41, 5.74) is 0. The van der Waals surface area contributed by atoms with Crippen LogP contribution in [0.5, 0.6) is 0 Å². The zero-order valence-electron chi connectivity index (χ0n) is 9.71. The van der Waals surface area contributed by atoms with E-state index in [0.29, 0.717) is 25.5 Å². The summed E-state index contributed by atoms with van der Waals surface area (Å²) in [5.74, 6) is 0.669. The number of carbonyl (C=O) groups excluding carboxylic acids is 1. The lowest BCUT2D eigenvalue weighted by Crippen LogP contribution is -2.33. The van der Waals surface area contributed by atoms with Gasteiger partial charge in [0, 0.05) is 19.6 Å². The Morgan fingerprint density at radius 1 is 1.67 bits per heavy atom. The van der Waals surface area contributed by atoms with Gasteiger partial charge in [-0.1, -0.05) is 0 Å². The van der Waals surface area contributed by atoms with Crippen LogP contribution in [0, 0.1) is 5.92 Å². The van der Waals surface area contributed by atoms with Crippen molar-refractivity contribution in [3.8, 4) is 0 Å². The Morgan fingerprint density at radius 3 is 3.07 bits per heavy atom. The summed E-state index contributed by atoms with van der Waals surface area (Å²) in [6, 6.07) is 0. The fourth-order valence-corrected chi connectivity index (χ4v) is 1.82. The molecular formula is C11H22N2O2. The summed E-state index contributed by atoms with van der Waals surface area (Å²) in [6.07, 6.45) is 1.88. The highest BCUT2D eigenvalue weighted by atomic mass is 16.5. The molecule has 0 saturated carbocycles. The maximum atomic E-state index is 11.5. The molecule has 1 aliphatic heterocycles. The molecule has 1 saturated heterocycles. The highest BCUT2D eigenvalue weighted by Crippen LogP contribution is 2.11. The van der Waals surface area contributed by atoms with E-state index in [9.17, 15) is 4.79 Å². The minimum atomic E-state index is 0.112. The average Bonchev–Trinajstić information content (AvgIpc) is 2.68. The lowest BCUT2D eigenvalue weighted by atomic mass is 10.0. The number of ether oxygens (including phenoxy) is 1. The monoisotopic (exact) mass is 214 g/mol. The van der Waals surface area contributed by atoms with Crippen LogP contribution in [-0.2, 0) is 9.53 Å². The van der Waals surface area contributed by atoms with Gasteiger partial charge in [-0.25, -0.2) is 0 Å². The summed E-state index contributed by atoms with van der Waals surface area (Å²) in [5, 5.41) is 6.16. The third-order valence-corrected chi connectivity index (χ3v) is 2.67. The highest BCUT2D eigenvalue weighted by molar-refractivity contribution is 5.76. The molecule has 2 N–H and O–H groups in total. The molecule has 2 atom stereocenters. The normalized spacial score (nSPS) is 22.7. The van der Waals surface area contributed by atoms with Crippen molar-refractivity contribution in [1.82, 2.24) is 10.6 Å². The van der Waals surface area contributed by atoms with Gasteiger partial charge >= 0.3 is 0 Å². The van der Waals surface area contributed by atoms with Crippen LogP contribution in [0.3, 0.4) is 0 Å². The van der Waals surface area contributed by atoms with Gasteiger partial charge in [-0.05, 0) is 39.3 Å². The van der Waals surface area contributed by atoms with Gasteiger partial charge in [-0.15, -0.1) is 0 Å². The third kappa shape index (κ3) is 5.14. The Hall–Kier alpha value is -0.610. The lowest BCUT2D eigenvalue weighted by Gasteiger charge is -2.13. The standard InChI is InChI=1S/C11H22N2O2/c1-3-15-9(2)7-13-11(14)6-10-4-5-12-8-10/h9-10,12H,3-8H2,1-2H3,(H,13,14). The van der Waals surface area contributed by atoms with Gasteiger partial charge in [0.2, 0.25) is 5.91 Å². The Morgan fingerprint density at radius 2 is 2.47 bits per heavy atom. The Kier molecular flexibility index (Phi) is 5.65. The maximum absolute atomic E-state index is 11.5. The van der Waals surface area contributed by atoms with Gasteiger partial charge in [0.1, 0.15) is 0 Å². The first-order valence-electron chi connectivity index (χ1n) is 5.81. The predicted octanol–water partition coefficient (Wildman–Crippen LogP) is 0.527. The number of nitrogens with one attached hydrogen (secondary N) is 2. The van der Waals surface area contributed by atoms with E-state index in [4.69, 9.17) is 4.74 Å². The molecule has 0 radical (unpaired) electrons. The molecule has 0 aromatic rings. The Labute approximate surface area is 91.8 Å². The van der Waals surface area contributed by atoms with Crippen molar-refractivity contribution >= 4 is 5.91 Å².